The average Bonchev–Trinajstić information content (AvgIpc) is 2.89. The maximum atomic E-state index is 4.43. The number of azo groups is 1. The number of anilines is 2. The van der Waals surface area contributed by atoms with Gasteiger partial charge in [0.1, 0.15) is 0 Å². The SMILES string of the molecule is c1cc(-c2ccc(N3CCSCC3)cc2)ccc1N=Nc1ccc(N2CCSCC2)cc1. The van der Waals surface area contributed by atoms with Crippen LogP contribution in [0.15, 0.2) is 83.0 Å². The molecule has 164 valence electrons. The normalized spacial score (nSPS) is 17.1. The summed E-state index contributed by atoms with van der Waals surface area (Å²) < 4.78 is 0. The van der Waals surface area contributed by atoms with E-state index in [0.717, 1.165) is 37.6 Å². The van der Waals surface area contributed by atoms with Crippen molar-refractivity contribution in [1.82, 2.24) is 0 Å². The van der Waals surface area contributed by atoms with Gasteiger partial charge in [-0.15, -0.1) is 0 Å². The highest BCUT2D eigenvalue weighted by molar-refractivity contribution is 7.99. The van der Waals surface area contributed by atoms with E-state index in [1.807, 2.05) is 35.7 Å². The molecule has 3 aromatic rings. The van der Waals surface area contributed by atoms with Crippen LogP contribution >= 0.6 is 23.5 Å². The Bertz CT molecular complexity index is 1020. The molecule has 4 nitrogen and oxygen atoms in total. The van der Waals surface area contributed by atoms with E-state index in [4.69, 9.17) is 0 Å². The molecule has 0 unspecified atom stereocenters. The third-order valence-electron chi connectivity index (χ3n) is 5.95. The fourth-order valence-electron chi connectivity index (χ4n) is 4.07. The number of hydrogen-bond donors (Lipinski definition) is 0. The lowest BCUT2D eigenvalue weighted by molar-refractivity contribution is 0.859. The summed E-state index contributed by atoms with van der Waals surface area (Å²) in [6.07, 6.45) is 0. The van der Waals surface area contributed by atoms with Gasteiger partial charge < -0.3 is 9.80 Å². The van der Waals surface area contributed by atoms with Crippen LogP contribution in [0.25, 0.3) is 11.1 Å². The second-order valence-electron chi connectivity index (χ2n) is 8.01. The van der Waals surface area contributed by atoms with Gasteiger partial charge in [0.2, 0.25) is 0 Å². The van der Waals surface area contributed by atoms with Crippen LogP contribution in [0.1, 0.15) is 0 Å². The Morgan fingerprint density at radius 3 is 1.25 bits per heavy atom. The average molecular weight is 461 g/mol. The molecule has 2 aliphatic heterocycles. The van der Waals surface area contributed by atoms with E-state index >= 15 is 0 Å². The maximum Gasteiger partial charge on any atom is 0.0858 e. The largest absolute Gasteiger partial charge is 0.370 e. The number of hydrogen-bond acceptors (Lipinski definition) is 6. The molecule has 0 radical (unpaired) electrons. The summed E-state index contributed by atoms with van der Waals surface area (Å²) in [6.45, 7) is 4.53. The highest BCUT2D eigenvalue weighted by atomic mass is 32.2. The van der Waals surface area contributed by atoms with Gasteiger partial charge in [0.05, 0.1) is 11.4 Å². The van der Waals surface area contributed by atoms with Gasteiger partial charge in [-0.2, -0.15) is 33.8 Å². The quantitative estimate of drug-likeness (QED) is 0.389. The molecule has 0 saturated carbocycles. The van der Waals surface area contributed by atoms with E-state index in [1.54, 1.807) is 0 Å². The predicted molar refractivity (Wildman–Crippen MR) is 142 cm³/mol. The molecule has 0 spiro atoms. The lowest BCUT2D eigenvalue weighted by Crippen LogP contribution is -2.32. The number of benzene rings is 3. The molecule has 0 atom stereocenters. The van der Waals surface area contributed by atoms with Crippen molar-refractivity contribution >= 4 is 46.3 Å². The minimum atomic E-state index is 0.869. The van der Waals surface area contributed by atoms with Gasteiger partial charge >= 0.3 is 0 Å². The Morgan fingerprint density at radius 2 is 0.812 bits per heavy atom. The van der Waals surface area contributed by atoms with E-state index in [1.165, 1.54) is 45.5 Å². The summed E-state index contributed by atoms with van der Waals surface area (Å²) in [5.74, 6) is 4.86. The first-order valence-electron chi connectivity index (χ1n) is 11.2. The van der Waals surface area contributed by atoms with Crippen LogP contribution in [-0.4, -0.2) is 49.2 Å². The van der Waals surface area contributed by atoms with Crippen molar-refractivity contribution in [2.24, 2.45) is 10.2 Å². The zero-order valence-corrected chi connectivity index (χ0v) is 19.8. The minimum absolute atomic E-state index is 0.869. The second kappa shape index (κ2) is 10.5. The molecular formula is C26H28N4S2. The summed E-state index contributed by atoms with van der Waals surface area (Å²) in [4.78, 5) is 4.91. The summed E-state index contributed by atoms with van der Waals surface area (Å²) in [5, 5.41) is 8.85. The molecule has 0 amide bonds. The first-order valence-corrected chi connectivity index (χ1v) is 13.5. The molecule has 2 saturated heterocycles. The highest BCUT2D eigenvalue weighted by Gasteiger charge is 2.12. The van der Waals surface area contributed by atoms with E-state index in [0.29, 0.717) is 0 Å². The number of thioether (sulfide) groups is 2. The van der Waals surface area contributed by atoms with Crippen molar-refractivity contribution in [2.75, 3.05) is 59.0 Å². The molecule has 6 heteroatoms. The number of nitrogens with zero attached hydrogens (tertiary/aromatic N) is 4. The van der Waals surface area contributed by atoms with Crippen molar-refractivity contribution in [2.45, 2.75) is 0 Å². The van der Waals surface area contributed by atoms with Gasteiger partial charge in [-0.3, -0.25) is 0 Å². The predicted octanol–water partition coefficient (Wildman–Crippen LogP) is 6.88. The van der Waals surface area contributed by atoms with Crippen LogP contribution in [0.3, 0.4) is 0 Å². The van der Waals surface area contributed by atoms with Crippen molar-refractivity contribution in [1.29, 1.82) is 0 Å². The lowest BCUT2D eigenvalue weighted by atomic mass is 10.0. The minimum Gasteiger partial charge on any atom is -0.370 e. The smallest absolute Gasteiger partial charge is 0.0858 e. The number of rotatable bonds is 5. The van der Waals surface area contributed by atoms with Crippen molar-refractivity contribution < 1.29 is 0 Å². The van der Waals surface area contributed by atoms with Gasteiger partial charge in [0, 0.05) is 60.6 Å². The van der Waals surface area contributed by atoms with Crippen LogP contribution < -0.4 is 9.80 Å². The van der Waals surface area contributed by atoms with Crippen molar-refractivity contribution in [3.63, 3.8) is 0 Å². The van der Waals surface area contributed by atoms with Crippen LogP contribution in [0.2, 0.25) is 0 Å². The van der Waals surface area contributed by atoms with Crippen molar-refractivity contribution in [3.8, 4) is 11.1 Å². The molecule has 0 aliphatic carbocycles. The molecule has 0 aromatic heterocycles. The van der Waals surface area contributed by atoms with E-state index in [9.17, 15) is 0 Å². The Labute approximate surface area is 199 Å². The monoisotopic (exact) mass is 460 g/mol. The van der Waals surface area contributed by atoms with Gasteiger partial charge in [0.15, 0.2) is 0 Å². The summed E-state index contributed by atoms with van der Waals surface area (Å²) in [5.41, 5.74) is 6.79. The Morgan fingerprint density at radius 1 is 0.469 bits per heavy atom. The molecule has 2 fully saturated rings. The first-order chi connectivity index (χ1) is 15.8. The topological polar surface area (TPSA) is 31.2 Å². The van der Waals surface area contributed by atoms with Gasteiger partial charge in [-0.25, -0.2) is 0 Å². The molecule has 3 aromatic carbocycles. The molecule has 0 bridgehead atoms. The Balaban J connectivity index is 1.21. The lowest BCUT2D eigenvalue weighted by Gasteiger charge is -2.28. The van der Waals surface area contributed by atoms with Crippen LogP contribution in [-0.2, 0) is 0 Å². The van der Waals surface area contributed by atoms with Crippen LogP contribution in [0, 0.1) is 0 Å². The van der Waals surface area contributed by atoms with E-state index in [-0.39, 0.29) is 0 Å². The second-order valence-corrected chi connectivity index (χ2v) is 10.5. The van der Waals surface area contributed by atoms with Gasteiger partial charge in [0.25, 0.3) is 0 Å². The summed E-state index contributed by atoms with van der Waals surface area (Å²) in [7, 11) is 0. The van der Waals surface area contributed by atoms with Crippen LogP contribution in [0.5, 0.6) is 0 Å². The third-order valence-corrected chi connectivity index (χ3v) is 7.84. The first kappa shape index (κ1) is 21.4. The third kappa shape index (κ3) is 5.30. The maximum absolute atomic E-state index is 4.43. The van der Waals surface area contributed by atoms with Gasteiger partial charge in [-0.05, 0) is 59.7 Å². The molecule has 2 aliphatic rings. The fourth-order valence-corrected chi connectivity index (χ4v) is 5.88. The van der Waals surface area contributed by atoms with Crippen LogP contribution in [0.4, 0.5) is 22.7 Å². The summed E-state index contributed by atoms with van der Waals surface area (Å²) >= 11 is 4.07. The van der Waals surface area contributed by atoms with E-state index in [2.05, 4.69) is 80.7 Å². The zero-order chi connectivity index (χ0) is 21.6. The van der Waals surface area contributed by atoms with Crippen molar-refractivity contribution in [3.05, 3.63) is 72.8 Å². The van der Waals surface area contributed by atoms with Gasteiger partial charge in [-0.1, -0.05) is 24.3 Å². The standard InChI is InChI=1S/C26H28N4S2/c1-5-23(27-28-24-7-11-26(12-8-24)30-15-19-32-20-16-30)6-2-21(1)22-3-9-25(10-4-22)29-13-17-31-18-14-29/h1-12H,13-20H2. The molecule has 5 rings (SSSR count). The molecule has 0 N–H and O–H groups in total. The molecule has 2 heterocycles. The molecular weight excluding hydrogens is 432 g/mol. The zero-order valence-electron chi connectivity index (χ0n) is 18.2. The summed E-state index contributed by atoms with van der Waals surface area (Å²) in [6, 6.07) is 25.7. The Kier molecular flexibility index (Phi) is 6.99. The fraction of sp³-hybridized carbons (Fsp3) is 0.308. The van der Waals surface area contributed by atoms with E-state index < -0.39 is 0 Å². The highest BCUT2D eigenvalue weighted by Crippen LogP contribution is 2.28. The Hall–Kier alpha value is -2.44. The molecule has 32 heavy (non-hydrogen) atoms.